The molecule has 2 atom stereocenters. The molecule has 2 rings (SSSR count). The zero-order chi connectivity index (χ0) is 13.3. The van der Waals surface area contributed by atoms with Crippen LogP contribution in [-0.2, 0) is 4.79 Å². The molecule has 1 aromatic carbocycles. The summed E-state index contributed by atoms with van der Waals surface area (Å²) >= 11 is 0. The molecule has 1 aliphatic heterocycles. The fourth-order valence-electron chi connectivity index (χ4n) is 2.61. The Hall–Kier alpha value is -1.42. The maximum atomic E-state index is 13.9. The number of hydrogen-bond donors (Lipinski definition) is 1. The minimum Gasteiger partial charge on any atom is -0.334 e. The summed E-state index contributed by atoms with van der Waals surface area (Å²) in [5.41, 5.74) is 7.54. The van der Waals surface area contributed by atoms with Crippen molar-refractivity contribution in [2.24, 2.45) is 5.73 Å². The molecule has 2 unspecified atom stereocenters. The van der Waals surface area contributed by atoms with Gasteiger partial charge in [0.05, 0.1) is 6.04 Å². The molecule has 0 radical (unpaired) electrons. The van der Waals surface area contributed by atoms with Crippen LogP contribution in [0, 0.1) is 12.7 Å². The number of nitrogens with zero attached hydrogens (tertiary/aromatic N) is 1. The third kappa shape index (κ3) is 2.25. The van der Waals surface area contributed by atoms with Crippen LogP contribution in [0.3, 0.4) is 0 Å². The van der Waals surface area contributed by atoms with Crippen LogP contribution in [0.1, 0.15) is 36.9 Å². The van der Waals surface area contributed by atoms with Crippen LogP contribution < -0.4 is 5.73 Å². The number of halogens is 1. The van der Waals surface area contributed by atoms with Crippen LogP contribution in [0.25, 0.3) is 0 Å². The van der Waals surface area contributed by atoms with E-state index in [9.17, 15) is 9.18 Å². The summed E-state index contributed by atoms with van der Waals surface area (Å²) < 4.78 is 13.9. The van der Waals surface area contributed by atoms with E-state index in [1.807, 2.05) is 13.8 Å². The van der Waals surface area contributed by atoms with Gasteiger partial charge in [0.25, 0.3) is 0 Å². The summed E-state index contributed by atoms with van der Waals surface area (Å²) in [4.78, 5) is 13.6. The third-order valence-corrected chi connectivity index (χ3v) is 3.41. The molecule has 1 fully saturated rings. The molecule has 1 heterocycles. The molecule has 0 saturated carbocycles. The molecular weight excluding hydrogens is 231 g/mol. The Morgan fingerprint density at radius 3 is 2.89 bits per heavy atom. The van der Waals surface area contributed by atoms with Crippen LogP contribution >= 0.6 is 0 Å². The number of likely N-dealkylation sites (tertiary alicyclic amines) is 1. The van der Waals surface area contributed by atoms with Gasteiger partial charge in [0.15, 0.2) is 0 Å². The van der Waals surface area contributed by atoms with E-state index in [1.54, 1.807) is 17.0 Å². The van der Waals surface area contributed by atoms with Crippen LogP contribution in [0.5, 0.6) is 0 Å². The largest absolute Gasteiger partial charge is 0.334 e. The van der Waals surface area contributed by atoms with Gasteiger partial charge in [0, 0.05) is 24.6 Å². The molecule has 0 aromatic heterocycles. The molecule has 98 valence electrons. The van der Waals surface area contributed by atoms with Gasteiger partial charge in [-0.2, -0.15) is 0 Å². The number of amides is 1. The molecule has 0 aliphatic carbocycles. The van der Waals surface area contributed by atoms with Crippen molar-refractivity contribution in [3.8, 4) is 0 Å². The molecule has 0 spiro atoms. The molecule has 1 amide bonds. The summed E-state index contributed by atoms with van der Waals surface area (Å²) in [6.45, 7) is 4.54. The Labute approximate surface area is 107 Å². The van der Waals surface area contributed by atoms with Crippen molar-refractivity contribution >= 4 is 5.91 Å². The van der Waals surface area contributed by atoms with Gasteiger partial charge in [0.2, 0.25) is 5.91 Å². The first-order valence-electron chi connectivity index (χ1n) is 6.35. The molecule has 2 N–H and O–H groups in total. The van der Waals surface area contributed by atoms with Crippen molar-refractivity contribution < 1.29 is 9.18 Å². The average Bonchev–Trinajstić information content (AvgIpc) is 2.58. The van der Waals surface area contributed by atoms with Crippen molar-refractivity contribution in [3.63, 3.8) is 0 Å². The zero-order valence-electron chi connectivity index (χ0n) is 10.8. The van der Waals surface area contributed by atoms with Crippen LogP contribution in [-0.4, -0.2) is 23.4 Å². The number of nitrogens with two attached hydrogens (primary N) is 1. The van der Waals surface area contributed by atoms with Gasteiger partial charge in [0.1, 0.15) is 5.82 Å². The van der Waals surface area contributed by atoms with Crippen molar-refractivity contribution in [1.29, 1.82) is 0 Å². The highest BCUT2D eigenvalue weighted by atomic mass is 19.1. The monoisotopic (exact) mass is 250 g/mol. The minimum atomic E-state index is -0.322. The van der Waals surface area contributed by atoms with Gasteiger partial charge in [-0.3, -0.25) is 4.79 Å². The lowest BCUT2D eigenvalue weighted by atomic mass is 9.98. The SMILES string of the molecule is CCCN1C(=O)CC(N)C1c1cc(C)ccc1F. The van der Waals surface area contributed by atoms with Crippen molar-refractivity contribution in [2.75, 3.05) is 6.54 Å². The Morgan fingerprint density at radius 1 is 1.50 bits per heavy atom. The van der Waals surface area contributed by atoms with Gasteiger partial charge < -0.3 is 10.6 Å². The first kappa shape index (κ1) is 13.0. The second-order valence-corrected chi connectivity index (χ2v) is 4.92. The lowest BCUT2D eigenvalue weighted by Crippen LogP contribution is -2.34. The fourth-order valence-corrected chi connectivity index (χ4v) is 2.61. The van der Waals surface area contributed by atoms with Crippen LogP contribution in [0.15, 0.2) is 18.2 Å². The fraction of sp³-hybridized carbons (Fsp3) is 0.500. The highest BCUT2D eigenvalue weighted by Gasteiger charge is 2.39. The third-order valence-electron chi connectivity index (χ3n) is 3.41. The van der Waals surface area contributed by atoms with E-state index in [0.717, 1.165) is 12.0 Å². The van der Waals surface area contributed by atoms with Crippen molar-refractivity contribution in [3.05, 3.63) is 35.1 Å². The number of rotatable bonds is 3. The van der Waals surface area contributed by atoms with Crippen LogP contribution in [0.4, 0.5) is 4.39 Å². The molecule has 0 bridgehead atoms. The van der Waals surface area contributed by atoms with E-state index in [0.29, 0.717) is 18.5 Å². The lowest BCUT2D eigenvalue weighted by molar-refractivity contribution is -0.129. The van der Waals surface area contributed by atoms with E-state index < -0.39 is 0 Å². The molecule has 3 nitrogen and oxygen atoms in total. The summed E-state index contributed by atoms with van der Waals surface area (Å²) in [7, 11) is 0. The highest BCUT2D eigenvalue weighted by molar-refractivity contribution is 5.80. The van der Waals surface area contributed by atoms with E-state index in [1.165, 1.54) is 6.07 Å². The zero-order valence-corrected chi connectivity index (χ0v) is 10.8. The molecule has 4 heteroatoms. The topological polar surface area (TPSA) is 46.3 Å². The van der Waals surface area contributed by atoms with Crippen LogP contribution in [0.2, 0.25) is 0 Å². The predicted molar refractivity (Wildman–Crippen MR) is 68.5 cm³/mol. The van der Waals surface area contributed by atoms with Crippen molar-refractivity contribution in [2.45, 2.75) is 38.8 Å². The minimum absolute atomic E-state index is 0.0234. The summed E-state index contributed by atoms with van der Waals surface area (Å²) in [6.07, 6.45) is 1.15. The van der Waals surface area contributed by atoms with E-state index in [2.05, 4.69) is 0 Å². The Kier molecular flexibility index (Phi) is 3.66. The molecule has 1 saturated heterocycles. The maximum Gasteiger partial charge on any atom is 0.224 e. The van der Waals surface area contributed by atoms with E-state index >= 15 is 0 Å². The Morgan fingerprint density at radius 2 is 2.22 bits per heavy atom. The average molecular weight is 250 g/mol. The van der Waals surface area contributed by atoms with E-state index in [-0.39, 0.29) is 23.8 Å². The lowest BCUT2D eigenvalue weighted by Gasteiger charge is -2.27. The van der Waals surface area contributed by atoms with Gasteiger partial charge >= 0.3 is 0 Å². The van der Waals surface area contributed by atoms with Gasteiger partial charge in [-0.1, -0.05) is 24.6 Å². The first-order valence-corrected chi connectivity index (χ1v) is 6.35. The normalized spacial score (nSPS) is 23.8. The standard InChI is InChI=1S/C14H19FN2O/c1-3-6-17-13(18)8-12(16)14(17)10-7-9(2)4-5-11(10)15/h4-5,7,12,14H,3,6,8,16H2,1-2H3. The smallest absolute Gasteiger partial charge is 0.224 e. The molecule has 1 aliphatic rings. The van der Waals surface area contributed by atoms with E-state index in [4.69, 9.17) is 5.73 Å². The highest BCUT2D eigenvalue weighted by Crippen LogP contribution is 2.33. The molecular formula is C14H19FN2O. The second-order valence-electron chi connectivity index (χ2n) is 4.92. The quantitative estimate of drug-likeness (QED) is 0.893. The summed E-state index contributed by atoms with van der Waals surface area (Å²) in [6, 6.07) is 4.33. The van der Waals surface area contributed by atoms with Gasteiger partial charge in [-0.25, -0.2) is 4.39 Å². The Bertz CT molecular complexity index is 461. The maximum absolute atomic E-state index is 13.9. The summed E-state index contributed by atoms with van der Waals surface area (Å²) in [5, 5.41) is 0. The first-order chi connectivity index (χ1) is 8.54. The molecule has 1 aromatic rings. The summed E-state index contributed by atoms with van der Waals surface area (Å²) in [5.74, 6) is -0.257. The molecule has 18 heavy (non-hydrogen) atoms. The number of benzene rings is 1. The van der Waals surface area contributed by atoms with Gasteiger partial charge in [-0.05, 0) is 19.4 Å². The second kappa shape index (κ2) is 5.06. The van der Waals surface area contributed by atoms with Gasteiger partial charge in [-0.15, -0.1) is 0 Å². The number of carbonyl (C=O) groups is 1. The number of carbonyl (C=O) groups excluding carboxylic acids is 1. The van der Waals surface area contributed by atoms with Crippen molar-refractivity contribution in [1.82, 2.24) is 4.90 Å². The number of hydrogen-bond acceptors (Lipinski definition) is 2. The Balaban J connectivity index is 2.40. The number of aryl methyl sites for hydroxylation is 1. The predicted octanol–water partition coefficient (Wildman–Crippen LogP) is 2.14.